The molecule has 0 aliphatic rings. The lowest BCUT2D eigenvalue weighted by atomic mass is 10.0. The van der Waals surface area contributed by atoms with E-state index in [1.165, 1.54) is 0 Å². The number of hydrogen-bond acceptors (Lipinski definition) is 5. The molecule has 0 N–H and O–H groups in total. The summed E-state index contributed by atoms with van der Waals surface area (Å²) in [6.45, 7) is 1.78. The third-order valence-electron chi connectivity index (χ3n) is 3.31. The lowest BCUT2D eigenvalue weighted by molar-refractivity contribution is -0.151. The summed E-state index contributed by atoms with van der Waals surface area (Å²) in [6, 6.07) is 16.6. The maximum absolute atomic E-state index is 12.2. The number of carbonyl (C=O) groups is 1. The molecule has 2 rings (SSSR count). The summed E-state index contributed by atoms with van der Waals surface area (Å²) in [7, 11) is -3.84. The van der Waals surface area contributed by atoms with Gasteiger partial charge in [-0.3, -0.25) is 4.18 Å². The van der Waals surface area contributed by atoms with E-state index in [1.807, 2.05) is 42.5 Å². The van der Waals surface area contributed by atoms with Gasteiger partial charge in [-0.1, -0.05) is 66.7 Å². The summed E-state index contributed by atoms with van der Waals surface area (Å²) in [6.07, 6.45) is 3.25. The first-order chi connectivity index (χ1) is 11.9. The molecule has 0 spiro atoms. The van der Waals surface area contributed by atoms with Gasteiger partial charge in [-0.2, -0.15) is 8.42 Å². The molecule has 1 atom stereocenters. The first-order valence-electron chi connectivity index (χ1n) is 7.77. The summed E-state index contributed by atoms with van der Waals surface area (Å²) in [5, 5.41) is 0. The predicted octanol–water partition coefficient (Wildman–Crippen LogP) is 3.44. The molecule has 132 valence electrons. The molecule has 1 unspecified atom stereocenters. The first kappa shape index (κ1) is 18.9. The van der Waals surface area contributed by atoms with Gasteiger partial charge in [0.15, 0.2) is 6.10 Å². The second-order valence-electron chi connectivity index (χ2n) is 5.31. The second-order valence-corrected chi connectivity index (χ2v) is 6.91. The van der Waals surface area contributed by atoms with Gasteiger partial charge in [-0.05, 0) is 18.1 Å². The van der Waals surface area contributed by atoms with Crippen molar-refractivity contribution in [1.29, 1.82) is 0 Å². The SMILES string of the molecule is CCOC(=O)C(OS(C)(=O)=O)c1ccccc1/C=C\c1ccccc1. The highest BCUT2D eigenvalue weighted by atomic mass is 32.2. The molecule has 0 bridgehead atoms. The van der Waals surface area contributed by atoms with Gasteiger partial charge in [-0.25, -0.2) is 4.79 Å². The molecule has 0 aromatic heterocycles. The van der Waals surface area contributed by atoms with Crippen molar-refractivity contribution in [2.45, 2.75) is 13.0 Å². The van der Waals surface area contributed by atoms with Crippen molar-refractivity contribution < 1.29 is 22.1 Å². The van der Waals surface area contributed by atoms with E-state index in [0.717, 1.165) is 11.8 Å². The predicted molar refractivity (Wildman–Crippen MR) is 97.1 cm³/mol. The van der Waals surface area contributed by atoms with Crippen LogP contribution in [-0.2, 0) is 23.8 Å². The third kappa shape index (κ3) is 5.85. The van der Waals surface area contributed by atoms with Crippen molar-refractivity contribution in [3.63, 3.8) is 0 Å². The Bertz CT molecular complexity index is 841. The van der Waals surface area contributed by atoms with Crippen LogP contribution in [0.5, 0.6) is 0 Å². The smallest absolute Gasteiger partial charge is 0.341 e. The maximum atomic E-state index is 12.2. The van der Waals surface area contributed by atoms with Crippen LogP contribution in [0.4, 0.5) is 0 Å². The Labute approximate surface area is 148 Å². The van der Waals surface area contributed by atoms with Crippen LogP contribution in [-0.4, -0.2) is 27.2 Å². The summed E-state index contributed by atoms with van der Waals surface area (Å²) < 4.78 is 33.1. The molecule has 25 heavy (non-hydrogen) atoms. The van der Waals surface area contributed by atoms with Gasteiger partial charge >= 0.3 is 5.97 Å². The quantitative estimate of drug-likeness (QED) is 0.430. The van der Waals surface area contributed by atoms with E-state index in [9.17, 15) is 13.2 Å². The lowest BCUT2D eigenvalue weighted by Crippen LogP contribution is -2.22. The van der Waals surface area contributed by atoms with E-state index in [0.29, 0.717) is 11.1 Å². The second kappa shape index (κ2) is 8.60. The van der Waals surface area contributed by atoms with Gasteiger partial charge in [0.1, 0.15) is 0 Å². The van der Waals surface area contributed by atoms with Crippen molar-refractivity contribution >= 4 is 28.2 Å². The fraction of sp³-hybridized carbons (Fsp3) is 0.211. The van der Waals surface area contributed by atoms with Crippen molar-refractivity contribution in [3.05, 3.63) is 71.3 Å². The molecule has 0 saturated heterocycles. The van der Waals surface area contributed by atoms with Crippen molar-refractivity contribution in [3.8, 4) is 0 Å². The molecule has 0 fully saturated rings. The Morgan fingerprint density at radius 3 is 2.32 bits per heavy atom. The molecule has 0 aliphatic heterocycles. The first-order valence-corrected chi connectivity index (χ1v) is 9.59. The van der Waals surface area contributed by atoms with Crippen LogP contribution in [0.3, 0.4) is 0 Å². The number of esters is 1. The molecule has 0 radical (unpaired) electrons. The summed E-state index contributed by atoms with van der Waals surface area (Å²) in [4.78, 5) is 12.2. The molecule has 2 aromatic carbocycles. The fourth-order valence-electron chi connectivity index (χ4n) is 2.26. The Balaban J connectivity index is 2.40. The van der Waals surface area contributed by atoms with Crippen LogP contribution in [0.1, 0.15) is 29.7 Å². The lowest BCUT2D eigenvalue weighted by Gasteiger charge is -2.17. The normalized spacial score (nSPS) is 12.9. The van der Waals surface area contributed by atoms with Gasteiger partial charge in [0.2, 0.25) is 0 Å². The molecule has 0 saturated carbocycles. The van der Waals surface area contributed by atoms with Crippen LogP contribution >= 0.6 is 0 Å². The third-order valence-corrected chi connectivity index (χ3v) is 3.85. The molecule has 5 nitrogen and oxygen atoms in total. The molecule has 0 amide bonds. The molecule has 2 aromatic rings. The minimum absolute atomic E-state index is 0.129. The number of hydrogen-bond donors (Lipinski definition) is 0. The summed E-state index contributed by atoms with van der Waals surface area (Å²) in [5.41, 5.74) is 2.08. The van der Waals surface area contributed by atoms with Crippen LogP contribution in [0.2, 0.25) is 0 Å². The van der Waals surface area contributed by atoms with Gasteiger partial charge < -0.3 is 4.74 Å². The average Bonchev–Trinajstić information content (AvgIpc) is 2.58. The maximum Gasteiger partial charge on any atom is 0.341 e. The zero-order valence-corrected chi connectivity index (χ0v) is 14.9. The summed E-state index contributed by atoms with van der Waals surface area (Å²) in [5.74, 6) is -0.742. The molecule has 6 heteroatoms. The van der Waals surface area contributed by atoms with Crippen LogP contribution < -0.4 is 0 Å². The van der Waals surface area contributed by atoms with E-state index in [-0.39, 0.29) is 6.61 Å². The number of carbonyl (C=O) groups excluding carboxylic acids is 1. The van der Waals surface area contributed by atoms with Gasteiger partial charge in [0.05, 0.1) is 12.9 Å². The topological polar surface area (TPSA) is 69.7 Å². The molecule has 0 aliphatic carbocycles. The average molecular weight is 360 g/mol. The fourth-order valence-corrected chi connectivity index (χ4v) is 2.79. The molecule has 0 heterocycles. The highest BCUT2D eigenvalue weighted by Gasteiger charge is 2.28. The van der Waals surface area contributed by atoms with Gasteiger partial charge in [-0.15, -0.1) is 0 Å². The van der Waals surface area contributed by atoms with Crippen molar-refractivity contribution in [1.82, 2.24) is 0 Å². The Morgan fingerprint density at radius 1 is 1.04 bits per heavy atom. The van der Waals surface area contributed by atoms with E-state index < -0.39 is 22.2 Å². The summed E-state index contributed by atoms with van der Waals surface area (Å²) >= 11 is 0. The zero-order chi connectivity index (χ0) is 18.3. The largest absolute Gasteiger partial charge is 0.464 e. The number of ether oxygens (including phenoxy) is 1. The molecular weight excluding hydrogens is 340 g/mol. The van der Waals surface area contributed by atoms with Crippen LogP contribution in [0.25, 0.3) is 12.2 Å². The van der Waals surface area contributed by atoms with Crippen molar-refractivity contribution in [2.24, 2.45) is 0 Å². The van der Waals surface area contributed by atoms with E-state index in [2.05, 4.69) is 0 Å². The van der Waals surface area contributed by atoms with E-state index in [1.54, 1.807) is 31.2 Å². The Kier molecular flexibility index (Phi) is 6.50. The van der Waals surface area contributed by atoms with Crippen LogP contribution in [0, 0.1) is 0 Å². The standard InChI is InChI=1S/C19H20O5S/c1-3-23-19(20)18(24-25(2,21)22)17-12-8-7-11-16(17)14-13-15-9-5-4-6-10-15/h4-14,18H,3H2,1-2H3/b14-13-. The minimum atomic E-state index is -3.84. The Hall–Kier alpha value is -2.44. The zero-order valence-electron chi connectivity index (χ0n) is 14.1. The molecular formula is C19H20O5S. The van der Waals surface area contributed by atoms with Gasteiger partial charge in [0, 0.05) is 5.56 Å². The van der Waals surface area contributed by atoms with Gasteiger partial charge in [0.25, 0.3) is 10.1 Å². The highest BCUT2D eigenvalue weighted by molar-refractivity contribution is 7.86. The van der Waals surface area contributed by atoms with E-state index in [4.69, 9.17) is 8.92 Å². The van der Waals surface area contributed by atoms with Crippen molar-refractivity contribution in [2.75, 3.05) is 12.9 Å². The van der Waals surface area contributed by atoms with Crippen LogP contribution in [0.15, 0.2) is 54.6 Å². The minimum Gasteiger partial charge on any atom is -0.464 e. The number of benzene rings is 2. The highest BCUT2D eigenvalue weighted by Crippen LogP contribution is 2.26. The number of rotatable bonds is 7. The monoisotopic (exact) mass is 360 g/mol. The Morgan fingerprint density at radius 2 is 1.68 bits per heavy atom. The van der Waals surface area contributed by atoms with E-state index >= 15 is 0 Å².